The highest BCUT2D eigenvalue weighted by atomic mass is 16.1. The van der Waals surface area contributed by atoms with Crippen LogP contribution in [0.3, 0.4) is 0 Å². The minimum Gasteiger partial charge on any atom is -0.299 e. The van der Waals surface area contributed by atoms with Gasteiger partial charge in [0.1, 0.15) is 5.78 Å². The van der Waals surface area contributed by atoms with E-state index < -0.39 is 0 Å². The summed E-state index contributed by atoms with van der Waals surface area (Å²) >= 11 is 0. The van der Waals surface area contributed by atoms with Crippen LogP contribution in [0.5, 0.6) is 0 Å². The normalized spacial score (nSPS) is 16.6. The molecule has 0 radical (unpaired) electrons. The molecule has 0 amide bonds. The molecule has 0 aliphatic heterocycles. The smallest absolute Gasteiger partial charge is 0.137 e. The number of nitrogens with zero attached hydrogens (tertiary/aromatic N) is 2. The topological polar surface area (TPSA) is 34.9 Å². The molecule has 0 saturated carbocycles. The SMILES string of the molecule is CCCn1cc(C2=CCC(=O)CC2)cn1. The molecule has 15 heavy (non-hydrogen) atoms. The zero-order chi connectivity index (χ0) is 10.7. The van der Waals surface area contributed by atoms with Crippen molar-refractivity contribution >= 4 is 11.4 Å². The van der Waals surface area contributed by atoms with Crippen molar-refractivity contribution in [3.05, 3.63) is 24.0 Å². The number of allylic oxidation sites excluding steroid dienone is 2. The fourth-order valence-corrected chi connectivity index (χ4v) is 1.86. The van der Waals surface area contributed by atoms with Crippen LogP contribution in [-0.4, -0.2) is 15.6 Å². The summed E-state index contributed by atoms with van der Waals surface area (Å²) in [5.41, 5.74) is 2.45. The first-order valence-corrected chi connectivity index (χ1v) is 5.53. The fourth-order valence-electron chi connectivity index (χ4n) is 1.86. The molecule has 1 heterocycles. The lowest BCUT2D eigenvalue weighted by Gasteiger charge is -2.09. The molecule has 1 aliphatic carbocycles. The Morgan fingerprint density at radius 1 is 1.47 bits per heavy atom. The van der Waals surface area contributed by atoms with Crippen molar-refractivity contribution in [3.8, 4) is 0 Å². The summed E-state index contributed by atoms with van der Waals surface area (Å²) in [4.78, 5) is 11.1. The molecule has 1 aromatic rings. The van der Waals surface area contributed by atoms with E-state index in [0.717, 1.165) is 19.4 Å². The Labute approximate surface area is 89.8 Å². The number of hydrogen-bond donors (Lipinski definition) is 0. The lowest BCUT2D eigenvalue weighted by molar-refractivity contribution is -0.118. The van der Waals surface area contributed by atoms with Crippen molar-refractivity contribution in [2.75, 3.05) is 0 Å². The summed E-state index contributed by atoms with van der Waals surface area (Å²) in [5.74, 6) is 0.347. The highest BCUT2D eigenvalue weighted by Gasteiger charge is 2.12. The van der Waals surface area contributed by atoms with Gasteiger partial charge in [-0.15, -0.1) is 0 Å². The van der Waals surface area contributed by atoms with Crippen LogP contribution in [-0.2, 0) is 11.3 Å². The number of rotatable bonds is 3. The van der Waals surface area contributed by atoms with Gasteiger partial charge in [-0.1, -0.05) is 13.0 Å². The molecule has 1 aliphatic rings. The molecule has 0 spiro atoms. The second kappa shape index (κ2) is 4.43. The molecule has 0 unspecified atom stereocenters. The third-order valence-corrected chi connectivity index (χ3v) is 2.71. The highest BCUT2D eigenvalue weighted by molar-refractivity contribution is 5.86. The number of aryl methyl sites for hydroxylation is 1. The standard InChI is InChI=1S/C12H16N2O/c1-2-7-14-9-11(8-13-14)10-3-5-12(15)6-4-10/h3,8-9H,2,4-7H2,1H3. The molecule has 0 N–H and O–H groups in total. The van der Waals surface area contributed by atoms with Gasteiger partial charge in [0.25, 0.3) is 0 Å². The van der Waals surface area contributed by atoms with Gasteiger partial charge in [0.15, 0.2) is 0 Å². The Morgan fingerprint density at radius 2 is 2.33 bits per heavy atom. The molecule has 0 bridgehead atoms. The molecule has 0 fully saturated rings. The van der Waals surface area contributed by atoms with Gasteiger partial charge in [-0.05, 0) is 18.4 Å². The third kappa shape index (κ3) is 2.35. The quantitative estimate of drug-likeness (QED) is 0.758. The molecule has 80 valence electrons. The largest absolute Gasteiger partial charge is 0.299 e. The lowest BCUT2D eigenvalue weighted by atomic mass is 9.95. The van der Waals surface area contributed by atoms with Crippen LogP contribution in [0, 0.1) is 0 Å². The van der Waals surface area contributed by atoms with Crippen LogP contribution in [0.1, 0.15) is 38.2 Å². The number of aromatic nitrogens is 2. The van der Waals surface area contributed by atoms with Gasteiger partial charge in [0.05, 0.1) is 6.20 Å². The first-order chi connectivity index (χ1) is 7.29. The second-order valence-corrected chi connectivity index (χ2v) is 3.96. The summed E-state index contributed by atoms with van der Waals surface area (Å²) in [6.07, 6.45) is 9.26. The van der Waals surface area contributed by atoms with Gasteiger partial charge in [0, 0.05) is 31.1 Å². The van der Waals surface area contributed by atoms with Crippen molar-refractivity contribution in [3.63, 3.8) is 0 Å². The van der Waals surface area contributed by atoms with Crippen LogP contribution in [0.25, 0.3) is 5.57 Å². The van der Waals surface area contributed by atoms with Gasteiger partial charge in [-0.3, -0.25) is 9.48 Å². The predicted molar refractivity (Wildman–Crippen MR) is 59.4 cm³/mol. The summed E-state index contributed by atoms with van der Waals surface area (Å²) in [6, 6.07) is 0. The molecule has 2 rings (SSSR count). The minimum absolute atomic E-state index is 0.347. The van der Waals surface area contributed by atoms with Crippen LogP contribution in [0.4, 0.5) is 0 Å². The Bertz CT molecular complexity index is 390. The molecule has 0 aromatic carbocycles. The Morgan fingerprint density at radius 3 is 3.00 bits per heavy atom. The van der Waals surface area contributed by atoms with Crippen molar-refractivity contribution in [2.24, 2.45) is 0 Å². The number of carbonyl (C=O) groups is 1. The molecule has 3 heteroatoms. The van der Waals surface area contributed by atoms with E-state index in [9.17, 15) is 4.79 Å². The van der Waals surface area contributed by atoms with E-state index in [1.54, 1.807) is 0 Å². The number of ketones is 1. The van der Waals surface area contributed by atoms with Gasteiger partial charge in [-0.2, -0.15) is 5.10 Å². The van der Waals surface area contributed by atoms with E-state index in [0.29, 0.717) is 18.6 Å². The van der Waals surface area contributed by atoms with E-state index in [1.165, 1.54) is 11.1 Å². The van der Waals surface area contributed by atoms with E-state index in [-0.39, 0.29) is 0 Å². The molecular formula is C12H16N2O. The average Bonchev–Trinajstić information content (AvgIpc) is 2.68. The first-order valence-electron chi connectivity index (χ1n) is 5.53. The number of Topliss-reactive ketones (excluding diaryl/α,β-unsaturated/α-hetero) is 1. The number of hydrogen-bond acceptors (Lipinski definition) is 2. The molecular weight excluding hydrogens is 188 g/mol. The number of carbonyl (C=O) groups excluding carboxylic acids is 1. The van der Waals surface area contributed by atoms with E-state index in [2.05, 4.69) is 18.2 Å². The lowest BCUT2D eigenvalue weighted by Crippen LogP contribution is -2.02. The van der Waals surface area contributed by atoms with Crippen LogP contribution >= 0.6 is 0 Å². The maximum absolute atomic E-state index is 11.1. The second-order valence-electron chi connectivity index (χ2n) is 3.96. The van der Waals surface area contributed by atoms with Crippen molar-refractivity contribution < 1.29 is 4.79 Å². The summed E-state index contributed by atoms with van der Waals surface area (Å²) < 4.78 is 1.96. The van der Waals surface area contributed by atoms with Crippen LogP contribution in [0.15, 0.2) is 18.5 Å². The van der Waals surface area contributed by atoms with E-state index in [1.807, 2.05) is 17.0 Å². The highest BCUT2D eigenvalue weighted by Crippen LogP contribution is 2.24. The predicted octanol–water partition coefficient (Wildman–Crippen LogP) is 2.43. The van der Waals surface area contributed by atoms with Gasteiger partial charge < -0.3 is 0 Å². The molecule has 3 nitrogen and oxygen atoms in total. The summed E-state index contributed by atoms with van der Waals surface area (Å²) in [6.45, 7) is 3.10. The van der Waals surface area contributed by atoms with Gasteiger partial charge in [-0.25, -0.2) is 0 Å². The van der Waals surface area contributed by atoms with E-state index >= 15 is 0 Å². The zero-order valence-electron chi connectivity index (χ0n) is 9.07. The first kappa shape index (κ1) is 10.1. The van der Waals surface area contributed by atoms with Crippen LogP contribution in [0.2, 0.25) is 0 Å². The molecule has 0 saturated heterocycles. The Hall–Kier alpha value is -1.38. The minimum atomic E-state index is 0.347. The Balaban J connectivity index is 2.12. The Kier molecular flexibility index (Phi) is 2.99. The van der Waals surface area contributed by atoms with Gasteiger partial charge in [0.2, 0.25) is 0 Å². The summed E-state index contributed by atoms with van der Waals surface area (Å²) in [5, 5.41) is 4.29. The van der Waals surface area contributed by atoms with Crippen molar-refractivity contribution in [1.82, 2.24) is 9.78 Å². The summed E-state index contributed by atoms with van der Waals surface area (Å²) in [7, 11) is 0. The van der Waals surface area contributed by atoms with E-state index in [4.69, 9.17) is 0 Å². The monoisotopic (exact) mass is 204 g/mol. The average molecular weight is 204 g/mol. The zero-order valence-corrected chi connectivity index (χ0v) is 9.07. The maximum Gasteiger partial charge on any atom is 0.137 e. The molecule has 1 aromatic heterocycles. The molecule has 0 atom stereocenters. The fraction of sp³-hybridized carbons (Fsp3) is 0.500. The van der Waals surface area contributed by atoms with Gasteiger partial charge >= 0.3 is 0 Å². The third-order valence-electron chi connectivity index (χ3n) is 2.71. The van der Waals surface area contributed by atoms with Crippen molar-refractivity contribution in [2.45, 2.75) is 39.2 Å². The maximum atomic E-state index is 11.1. The van der Waals surface area contributed by atoms with Crippen molar-refractivity contribution in [1.29, 1.82) is 0 Å². The van der Waals surface area contributed by atoms with Crippen LogP contribution < -0.4 is 0 Å².